The van der Waals surface area contributed by atoms with Crippen molar-refractivity contribution in [1.82, 2.24) is 4.98 Å². The van der Waals surface area contributed by atoms with E-state index in [0.29, 0.717) is 12.2 Å². The third-order valence-electron chi connectivity index (χ3n) is 3.86. The summed E-state index contributed by atoms with van der Waals surface area (Å²) in [6.07, 6.45) is -0.617. The second-order valence-electron chi connectivity index (χ2n) is 5.44. The van der Waals surface area contributed by atoms with Gasteiger partial charge in [0.15, 0.2) is 0 Å². The van der Waals surface area contributed by atoms with Gasteiger partial charge in [0.05, 0.1) is 11.6 Å². The molecule has 4 nitrogen and oxygen atoms in total. The van der Waals surface area contributed by atoms with Gasteiger partial charge in [-0.05, 0) is 30.2 Å². The lowest BCUT2D eigenvalue weighted by Crippen LogP contribution is -2.13. The lowest BCUT2D eigenvalue weighted by Gasteiger charge is -2.16. The van der Waals surface area contributed by atoms with Crippen LogP contribution in [0.1, 0.15) is 22.9 Å². The first kappa shape index (κ1) is 15.0. The summed E-state index contributed by atoms with van der Waals surface area (Å²) in [5.41, 5.74) is 3.88. The zero-order valence-electron chi connectivity index (χ0n) is 12.8. The fourth-order valence-electron chi connectivity index (χ4n) is 2.66. The Morgan fingerprint density at radius 1 is 1.17 bits per heavy atom. The number of nitrogens with zero attached hydrogens (tertiary/aromatic N) is 2. The Balaban J connectivity index is 1.87. The fourth-order valence-corrected chi connectivity index (χ4v) is 2.66. The van der Waals surface area contributed by atoms with Crippen LogP contribution < -0.4 is 5.32 Å². The fraction of sp³-hybridized carbons (Fsp3) is 0.158. The summed E-state index contributed by atoms with van der Waals surface area (Å²) in [4.78, 5) is 4.29. The molecule has 0 amide bonds. The van der Waals surface area contributed by atoms with Crippen molar-refractivity contribution in [2.45, 2.75) is 13.0 Å². The number of aromatic nitrogens is 1. The predicted molar refractivity (Wildman–Crippen MR) is 91.1 cm³/mol. The third kappa shape index (κ3) is 3.15. The Labute approximate surface area is 135 Å². The normalized spacial score (nSPS) is 11.9. The molecule has 0 spiro atoms. The van der Waals surface area contributed by atoms with Crippen molar-refractivity contribution in [2.24, 2.45) is 0 Å². The van der Waals surface area contributed by atoms with E-state index in [-0.39, 0.29) is 0 Å². The molecule has 2 aromatic carbocycles. The monoisotopic (exact) mass is 303 g/mol. The van der Waals surface area contributed by atoms with Crippen LogP contribution in [-0.2, 0) is 0 Å². The highest BCUT2D eigenvalue weighted by Gasteiger charge is 2.11. The minimum Gasteiger partial charge on any atom is -0.387 e. The van der Waals surface area contributed by atoms with E-state index in [2.05, 4.69) is 16.4 Å². The van der Waals surface area contributed by atoms with Gasteiger partial charge in [0.1, 0.15) is 11.8 Å². The van der Waals surface area contributed by atoms with Gasteiger partial charge in [0, 0.05) is 17.6 Å². The number of para-hydroxylation sites is 1. The maximum Gasteiger partial charge on any atom is 0.143 e. The molecule has 1 aromatic heterocycles. The first-order chi connectivity index (χ1) is 11.2. The molecule has 2 N–H and O–H groups in total. The van der Waals surface area contributed by atoms with Crippen LogP contribution in [0.25, 0.3) is 10.9 Å². The van der Waals surface area contributed by atoms with E-state index in [1.165, 1.54) is 0 Å². The number of hydrogen-bond acceptors (Lipinski definition) is 4. The molecule has 4 heteroatoms. The molecule has 0 bridgehead atoms. The molecule has 1 atom stereocenters. The van der Waals surface area contributed by atoms with Crippen LogP contribution in [0.15, 0.2) is 54.6 Å². The minimum atomic E-state index is -0.617. The molecule has 114 valence electrons. The molecule has 1 unspecified atom stereocenters. The third-order valence-corrected chi connectivity index (χ3v) is 3.86. The minimum absolute atomic E-state index is 0.358. The Morgan fingerprint density at radius 3 is 2.70 bits per heavy atom. The first-order valence-corrected chi connectivity index (χ1v) is 7.46. The maximum absolute atomic E-state index is 10.4. The van der Waals surface area contributed by atoms with Crippen LogP contribution in [0, 0.1) is 18.3 Å². The highest BCUT2D eigenvalue weighted by Crippen LogP contribution is 2.24. The number of aliphatic hydroxyl groups excluding tert-OH is 1. The maximum atomic E-state index is 10.4. The quantitative estimate of drug-likeness (QED) is 0.773. The van der Waals surface area contributed by atoms with Crippen molar-refractivity contribution in [1.29, 1.82) is 5.26 Å². The highest BCUT2D eigenvalue weighted by molar-refractivity contribution is 5.91. The van der Waals surface area contributed by atoms with Crippen LogP contribution in [0.4, 0.5) is 5.69 Å². The number of hydrogen-bond donors (Lipinski definition) is 2. The van der Waals surface area contributed by atoms with Gasteiger partial charge >= 0.3 is 0 Å². The first-order valence-electron chi connectivity index (χ1n) is 7.46. The number of aryl methyl sites for hydroxylation is 1. The molecule has 1 heterocycles. The van der Waals surface area contributed by atoms with Crippen molar-refractivity contribution in [3.05, 3.63) is 71.4 Å². The molecule has 0 aliphatic heterocycles. The van der Waals surface area contributed by atoms with Gasteiger partial charge in [0.25, 0.3) is 0 Å². The summed E-state index contributed by atoms with van der Waals surface area (Å²) in [5.74, 6) is 0. The molecule has 23 heavy (non-hydrogen) atoms. The summed E-state index contributed by atoms with van der Waals surface area (Å²) < 4.78 is 0. The Hall–Kier alpha value is -2.90. The van der Waals surface area contributed by atoms with E-state index >= 15 is 0 Å². The van der Waals surface area contributed by atoms with E-state index < -0.39 is 6.10 Å². The second kappa shape index (κ2) is 6.47. The number of pyridine rings is 1. The van der Waals surface area contributed by atoms with Gasteiger partial charge in [-0.1, -0.05) is 42.5 Å². The predicted octanol–water partition coefficient (Wildman–Crippen LogP) is 3.56. The number of nitrogens with one attached hydrogen (secondary N) is 1. The molecule has 3 rings (SSSR count). The Bertz CT molecular complexity index is 883. The molecule has 0 saturated heterocycles. The number of rotatable bonds is 4. The summed E-state index contributed by atoms with van der Waals surface area (Å²) in [6.45, 7) is 2.35. The summed E-state index contributed by atoms with van der Waals surface area (Å²) >= 11 is 0. The van der Waals surface area contributed by atoms with Gasteiger partial charge in [-0.15, -0.1) is 0 Å². The van der Waals surface area contributed by atoms with Crippen LogP contribution in [-0.4, -0.2) is 16.6 Å². The van der Waals surface area contributed by atoms with Gasteiger partial charge < -0.3 is 10.4 Å². The summed E-state index contributed by atoms with van der Waals surface area (Å²) in [5, 5.41) is 23.7. The van der Waals surface area contributed by atoms with Gasteiger partial charge in [-0.3, -0.25) is 0 Å². The largest absolute Gasteiger partial charge is 0.387 e. The van der Waals surface area contributed by atoms with Crippen LogP contribution in [0.2, 0.25) is 0 Å². The van der Waals surface area contributed by atoms with Crippen molar-refractivity contribution >= 4 is 16.6 Å². The molecular weight excluding hydrogens is 286 g/mol. The highest BCUT2D eigenvalue weighted by atomic mass is 16.3. The Kier molecular flexibility index (Phi) is 4.22. The van der Waals surface area contributed by atoms with E-state index in [4.69, 9.17) is 5.26 Å². The summed E-state index contributed by atoms with van der Waals surface area (Å²) in [7, 11) is 0. The van der Waals surface area contributed by atoms with Crippen molar-refractivity contribution in [3.63, 3.8) is 0 Å². The topological polar surface area (TPSA) is 68.9 Å². The molecule has 0 fully saturated rings. The van der Waals surface area contributed by atoms with E-state index in [1.807, 2.05) is 55.5 Å². The molecule has 0 aliphatic rings. The zero-order chi connectivity index (χ0) is 16.2. The van der Waals surface area contributed by atoms with Crippen LogP contribution >= 0.6 is 0 Å². The lowest BCUT2D eigenvalue weighted by atomic mass is 10.0. The van der Waals surface area contributed by atoms with Crippen LogP contribution in [0.5, 0.6) is 0 Å². The van der Waals surface area contributed by atoms with Gasteiger partial charge in [-0.25, -0.2) is 4.98 Å². The van der Waals surface area contributed by atoms with Gasteiger partial charge in [-0.2, -0.15) is 5.26 Å². The number of nitriles is 1. The van der Waals surface area contributed by atoms with Gasteiger partial charge in [0.2, 0.25) is 0 Å². The average molecular weight is 303 g/mol. The second-order valence-corrected chi connectivity index (χ2v) is 5.44. The van der Waals surface area contributed by atoms with Crippen molar-refractivity contribution in [3.8, 4) is 6.07 Å². The smallest absolute Gasteiger partial charge is 0.143 e. The van der Waals surface area contributed by atoms with E-state index in [0.717, 1.165) is 27.7 Å². The standard InChI is InChI=1S/C19H17N3O/c1-13-6-2-3-7-15(13)19(23)12-21-18-10-14(11-20)22-17-9-5-4-8-16(17)18/h2-10,19,23H,12H2,1H3,(H,21,22). The van der Waals surface area contributed by atoms with Crippen LogP contribution in [0.3, 0.4) is 0 Å². The summed E-state index contributed by atoms with van der Waals surface area (Å²) in [6, 6.07) is 19.2. The molecule has 0 aliphatic carbocycles. The Morgan fingerprint density at radius 2 is 1.91 bits per heavy atom. The van der Waals surface area contributed by atoms with E-state index in [1.54, 1.807) is 6.07 Å². The van der Waals surface area contributed by atoms with Crippen molar-refractivity contribution in [2.75, 3.05) is 11.9 Å². The number of benzene rings is 2. The van der Waals surface area contributed by atoms with Crippen molar-refractivity contribution < 1.29 is 5.11 Å². The molecule has 0 radical (unpaired) electrons. The number of anilines is 1. The molecular formula is C19H17N3O. The number of aliphatic hydroxyl groups is 1. The molecule has 0 saturated carbocycles. The number of fused-ring (bicyclic) bond motifs is 1. The SMILES string of the molecule is Cc1ccccc1C(O)CNc1cc(C#N)nc2ccccc12. The lowest BCUT2D eigenvalue weighted by molar-refractivity contribution is 0.191. The average Bonchev–Trinajstić information content (AvgIpc) is 2.59. The zero-order valence-corrected chi connectivity index (χ0v) is 12.8. The van der Waals surface area contributed by atoms with E-state index in [9.17, 15) is 5.11 Å². The molecule has 3 aromatic rings.